The summed E-state index contributed by atoms with van der Waals surface area (Å²) in [7, 11) is 0. The van der Waals surface area contributed by atoms with Crippen molar-refractivity contribution in [2.45, 2.75) is 6.18 Å². The van der Waals surface area contributed by atoms with Crippen LogP contribution in [0.5, 0.6) is 0 Å². The number of carboxylic acids is 1. The molecule has 0 amide bonds. The van der Waals surface area contributed by atoms with Crippen LogP contribution in [0.25, 0.3) is 0 Å². The van der Waals surface area contributed by atoms with Gasteiger partial charge in [-0.1, -0.05) is 0 Å². The molecule has 0 atom stereocenters. The first kappa shape index (κ1) is 9.67. The summed E-state index contributed by atoms with van der Waals surface area (Å²) in [6.45, 7) is 0. The van der Waals surface area contributed by atoms with E-state index in [2.05, 4.69) is 0 Å². The molecular weight excluding hydrogens is 163 g/mol. The van der Waals surface area contributed by atoms with E-state index in [4.69, 9.17) is 10.5 Å². The van der Waals surface area contributed by atoms with Crippen molar-refractivity contribution < 1.29 is 23.1 Å². The second kappa shape index (κ2) is 3.18. The predicted octanol–water partition coefficient (Wildman–Crippen LogP) is 1.21. The van der Waals surface area contributed by atoms with Gasteiger partial charge in [-0.2, -0.15) is 13.2 Å². The molecule has 0 aliphatic carbocycles. The molecule has 62 valence electrons. The Morgan fingerprint density at radius 1 is 1.36 bits per heavy atom. The first-order valence-corrected chi connectivity index (χ1v) is 2.41. The van der Waals surface area contributed by atoms with Gasteiger partial charge in [0.1, 0.15) is 5.71 Å². The molecule has 0 bridgehead atoms. The number of carboxylic acid groups (broad SMARTS) is 1. The number of hydrogen-bond donors (Lipinski definition) is 2. The van der Waals surface area contributed by atoms with Gasteiger partial charge in [-0.15, -0.1) is 0 Å². The normalized spacial score (nSPS) is 11.9. The van der Waals surface area contributed by atoms with Gasteiger partial charge in [0.25, 0.3) is 0 Å². The molecule has 0 rings (SSSR count). The standard InChI is InChI=1S/C5H4F3NO2/c6-5(7,8)3(9)1-2-4(10)11/h1-2,9H,(H,10,11)/b2-1+,9-3?. The summed E-state index contributed by atoms with van der Waals surface area (Å²) in [6.07, 6.45) is -4.33. The maximum Gasteiger partial charge on any atom is 0.432 e. The summed E-state index contributed by atoms with van der Waals surface area (Å²) in [4.78, 5) is 9.68. The van der Waals surface area contributed by atoms with Crippen molar-refractivity contribution in [3.05, 3.63) is 12.2 Å². The lowest BCUT2D eigenvalue weighted by Gasteiger charge is -2.01. The molecule has 0 aromatic rings. The molecule has 3 nitrogen and oxygen atoms in total. The van der Waals surface area contributed by atoms with Crippen LogP contribution in [0, 0.1) is 5.41 Å². The SMILES string of the molecule is N=C(/C=C/C(=O)O)C(F)(F)F. The van der Waals surface area contributed by atoms with Crippen molar-refractivity contribution in [3.8, 4) is 0 Å². The van der Waals surface area contributed by atoms with Gasteiger partial charge in [-0.05, 0) is 6.08 Å². The van der Waals surface area contributed by atoms with Crippen LogP contribution in [0.2, 0.25) is 0 Å². The first-order chi connectivity index (χ1) is 4.84. The van der Waals surface area contributed by atoms with Crippen LogP contribution in [-0.2, 0) is 4.79 Å². The van der Waals surface area contributed by atoms with Crippen molar-refractivity contribution in [2.75, 3.05) is 0 Å². The number of halogens is 3. The molecular formula is C5H4F3NO2. The van der Waals surface area contributed by atoms with Crippen LogP contribution in [0.3, 0.4) is 0 Å². The van der Waals surface area contributed by atoms with Gasteiger partial charge in [-0.25, -0.2) is 4.79 Å². The lowest BCUT2D eigenvalue weighted by Crippen LogP contribution is -2.19. The molecule has 0 saturated heterocycles. The highest BCUT2D eigenvalue weighted by molar-refractivity contribution is 6.00. The molecule has 0 fully saturated rings. The Morgan fingerprint density at radius 3 is 2.09 bits per heavy atom. The lowest BCUT2D eigenvalue weighted by atomic mass is 10.3. The summed E-state index contributed by atoms with van der Waals surface area (Å²) in [5, 5.41) is 14.1. The summed E-state index contributed by atoms with van der Waals surface area (Å²) in [5.41, 5.74) is -1.68. The molecule has 0 aromatic carbocycles. The largest absolute Gasteiger partial charge is 0.478 e. The van der Waals surface area contributed by atoms with Crippen molar-refractivity contribution in [1.82, 2.24) is 0 Å². The fourth-order valence-corrected chi connectivity index (χ4v) is 0.249. The Hall–Kier alpha value is -1.33. The third-order valence-corrected chi connectivity index (χ3v) is 0.698. The van der Waals surface area contributed by atoms with E-state index in [0.29, 0.717) is 0 Å². The summed E-state index contributed by atoms with van der Waals surface area (Å²) in [6, 6.07) is 0. The molecule has 0 aromatic heterocycles. The third-order valence-electron chi connectivity index (χ3n) is 0.698. The fourth-order valence-electron chi connectivity index (χ4n) is 0.249. The van der Waals surface area contributed by atoms with Crippen molar-refractivity contribution >= 4 is 11.7 Å². The zero-order valence-electron chi connectivity index (χ0n) is 5.14. The van der Waals surface area contributed by atoms with Crippen LogP contribution in [-0.4, -0.2) is 23.0 Å². The highest BCUT2D eigenvalue weighted by Gasteiger charge is 2.32. The zero-order chi connectivity index (χ0) is 9.07. The molecule has 0 saturated carbocycles. The van der Waals surface area contributed by atoms with Crippen molar-refractivity contribution in [3.63, 3.8) is 0 Å². The quantitative estimate of drug-likeness (QED) is 0.479. The van der Waals surface area contributed by atoms with Crippen LogP contribution in [0.4, 0.5) is 13.2 Å². The van der Waals surface area contributed by atoms with Crippen LogP contribution < -0.4 is 0 Å². The first-order valence-electron chi connectivity index (χ1n) is 2.41. The van der Waals surface area contributed by atoms with E-state index in [1.54, 1.807) is 0 Å². The van der Waals surface area contributed by atoms with E-state index >= 15 is 0 Å². The molecule has 11 heavy (non-hydrogen) atoms. The van der Waals surface area contributed by atoms with Gasteiger partial charge >= 0.3 is 12.1 Å². The monoisotopic (exact) mass is 167 g/mol. The molecule has 0 aliphatic rings. The number of nitrogens with one attached hydrogen (secondary N) is 1. The highest BCUT2D eigenvalue weighted by Crippen LogP contribution is 2.16. The van der Waals surface area contributed by atoms with Crippen molar-refractivity contribution in [1.29, 1.82) is 5.41 Å². The van der Waals surface area contributed by atoms with Gasteiger partial charge in [0.15, 0.2) is 0 Å². The number of alkyl halides is 3. The van der Waals surface area contributed by atoms with Crippen LogP contribution >= 0.6 is 0 Å². The summed E-state index contributed by atoms with van der Waals surface area (Å²) >= 11 is 0. The average Bonchev–Trinajstić information content (AvgIpc) is 1.80. The van der Waals surface area contributed by atoms with Crippen molar-refractivity contribution in [2.24, 2.45) is 0 Å². The topological polar surface area (TPSA) is 61.2 Å². The van der Waals surface area contributed by atoms with Crippen LogP contribution in [0.15, 0.2) is 12.2 Å². The maximum atomic E-state index is 11.4. The van der Waals surface area contributed by atoms with Crippen LogP contribution in [0.1, 0.15) is 0 Å². The Labute approximate surface area is 59.6 Å². The lowest BCUT2D eigenvalue weighted by molar-refractivity contribution is -0.131. The minimum atomic E-state index is -4.77. The van der Waals surface area contributed by atoms with E-state index in [1.165, 1.54) is 0 Å². The van der Waals surface area contributed by atoms with E-state index in [9.17, 15) is 18.0 Å². The van der Waals surface area contributed by atoms with E-state index in [0.717, 1.165) is 0 Å². The van der Waals surface area contributed by atoms with E-state index in [1.807, 2.05) is 0 Å². The number of hydrogen-bond acceptors (Lipinski definition) is 2. The Morgan fingerprint density at radius 2 is 1.82 bits per heavy atom. The average molecular weight is 167 g/mol. The minimum absolute atomic E-state index is 0.183. The van der Waals surface area contributed by atoms with Gasteiger partial charge in [0, 0.05) is 6.08 Å². The molecule has 0 radical (unpaired) electrons. The summed E-state index contributed by atoms with van der Waals surface area (Å²) in [5.74, 6) is -1.51. The second-order valence-corrected chi connectivity index (χ2v) is 1.58. The third kappa shape index (κ3) is 4.12. The molecule has 6 heteroatoms. The maximum absolute atomic E-state index is 11.4. The number of rotatable bonds is 2. The Kier molecular flexibility index (Phi) is 2.79. The number of allylic oxidation sites excluding steroid dienone is 1. The summed E-state index contributed by atoms with van der Waals surface area (Å²) < 4.78 is 34.3. The molecule has 2 N–H and O–H groups in total. The fraction of sp³-hybridized carbons (Fsp3) is 0.200. The highest BCUT2D eigenvalue weighted by atomic mass is 19.4. The zero-order valence-corrected chi connectivity index (χ0v) is 5.14. The van der Waals surface area contributed by atoms with Gasteiger partial charge in [-0.3, -0.25) is 5.41 Å². The molecule has 0 aliphatic heterocycles. The Balaban J connectivity index is 4.20. The van der Waals surface area contributed by atoms with E-state index in [-0.39, 0.29) is 12.2 Å². The van der Waals surface area contributed by atoms with Gasteiger partial charge in [0.05, 0.1) is 0 Å². The minimum Gasteiger partial charge on any atom is -0.478 e. The number of aliphatic carboxylic acids is 1. The smallest absolute Gasteiger partial charge is 0.432 e. The van der Waals surface area contributed by atoms with Gasteiger partial charge < -0.3 is 5.11 Å². The molecule has 0 spiro atoms. The Bertz CT molecular complexity index is 206. The van der Waals surface area contributed by atoms with Gasteiger partial charge in [0.2, 0.25) is 0 Å². The predicted molar refractivity (Wildman–Crippen MR) is 30.6 cm³/mol. The van der Waals surface area contributed by atoms with E-state index < -0.39 is 17.9 Å². The molecule has 0 unspecified atom stereocenters. The number of carbonyl (C=O) groups is 1. The second-order valence-electron chi connectivity index (χ2n) is 1.58. The molecule has 0 heterocycles.